The van der Waals surface area contributed by atoms with Crippen LogP contribution < -0.4 is 0 Å². The predicted molar refractivity (Wildman–Crippen MR) is 77.6 cm³/mol. The Morgan fingerprint density at radius 3 is 2.43 bits per heavy atom. The summed E-state index contributed by atoms with van der Waals surface area (Å²) in [5.74, 6) is 0. The van der Waals surface area contributed by atoms with E-state index in [2.05, 4.69) is 6.07 Å². The zero-order valence-corrected chi connectivity index (χ0v) is 13.3. The van der Waals surface area contributed by atoms with Crippen LogP contribution in [-0.4, -0.2) is 64.4 Å². The Morgan fingerprint density at radius 1 is 1.33 bits per heavy atom. The van der Waals surface area contributed by atoms with E-state index in [1.165, 1.54) is 4.90 Å². The van der Waals surface area contributed by atoms with E-state index in [0.717, 1.165) is 12.8 Å². The maximum Gasteiger partial charge on any atom is 0.411 e. The molecule has 2 aliphatic rings. The molecular weight excluding hydrogens is 270 g/mol. The molecule has 0 bridgehead atoms. The number of ether oxygens (including phenoxy) is 1. The first-order valence-electron chi connectivity index (χ1n) is 7.46. The molecule has 2 saturated heterocycles. The molecule has 1 unspecified atom stereocenters. The molecule has 0 aromatic rings. The SMILES string of the molecule is CN1CC(O)(C2(C#N)CCCCN2C(=O)OC(C)(C)C)C1. The van der Waals surface area contributed by atoms with E-state index in [4.69, 9.17) is 4.74 Å². The Hall–Kier alpha value is -1.32. The first-order chi connectivity index (χ1) is 9.63. The minimum atomic E-state index is -1.18. The van der Waals surface area contributed by atoms with Gasteiger partial charge >= 0.3 is 6.09 Å². The van der Waals surface area contributed by atoms with Crippen molar-refractivity contribution in [1.29, 1.82) is 5.26 Å². The van der Waals surface area contributed by atoms with Crippen molar-refractivity contribution in [2.75, 3.05) is 26.7 Å². The third kappa shape index (κ3) is 2.72. The fourth-order valence-corrected chi connectivity index (χ4v) is 3.35. The largest absolute Gasteiger partial charge is 0.444 e. The van der Waals surface area contributed by atoms with Gasteiger partial charge in [-0.15, -0.1) is 0 Å². The molecule has 0 saturated carbocycles. The molecule has 2 fully saturated rings. The van der Waals surface area contributed by atoms with Gasteiger partial charge < -0.3 is 14.7 Å². The van der Waals surface area contributed by atoms with Crippen molar-refractivity contribution in [2.45, 2.75) is 56.8 Å². The van der Waals surface area contributed by atoms with Gasteiger partial charge in [0.25, 0.3) is 0 Å². The molecule has 0 aromatic carbocycles. The summed E-state index contributed by atoms with van der Waals surface area (Å²) in [6, 6.07) is 2.25. The van der Waals surface area contributed by atoms with Crippen LogP contribution in [0.2, 0.25) is 0 Å². The molecule has 0 aromatic heterocycles. The number of carbonyl (C=O) groups excluding carboxylic acids is 1. The fourth-order valence-electron chi connectivity index (χ4n) is 3.35. The van der Waals surface area contributed by atoms with E-state index >= 15 is 0 Å². The van der Waals surface area contributed by atoms with E-state index < -0.39 is 22.8 Å². The highest BCUT2D eigenvalue weighted by Gasteiger charge is 2.62. The van der Waals surface area contributed by atoms with Crippen LogP contribution in [0.3, 0.4) is 0 Å². The number of β-amino-alcohol motifs (C(OH)–C–C–N with tert-alkyl or cyclic N) is 1. The highest BCUT2D eigenvalue weighted by Crippen LogP contribution is 2.42. The van der Waals surface area contributed by atoms with Crippen molar-refractivity contribution >= 4 is 6.09 Å². The molecule has 2 heterocycles. The summed E-state index contributed by atoms with van der Waals surface area (Å²) in [5.41, 5.74) is -2.97. The van der Waals surface area contributed by atoms with Gasteiger partial charge in [0.1, 0.15) is 11.2 Å². The first kappa shape index (κ1) is 16.1. The van der Waals surface area contributed by atoms with Crippen LogP contribution in [-0.2, 0) is 4.74 Å². The zero-order chi connectivity index (χ0) is 15.9. The summed E-state index contributed by atoms with van der Waals surface area (Å²) < 4.78 is 5.44. The second kappa shape index (κ2) is 5.15. The van der Waals surface area contributed by atoms with E-state index in [-0.39, 0.29) is 0 Å². The Kier molecular flexibility index (Phi) is 3.94. The molecule has 6 heteroatoms. The molecule has 6 nitrogen and oxygen atoms in total. The van der Waals surface area contributed by atoms with Gasteiger partial charge in [-0.1, -0.05) is 0 Å². The normalized spacial score (nSPS) is 29.4. The van der Waals surface area contributed by atoms with Crippen molar-refractivity contribution in [3.8, 4) is 6.07 Å². The van der Waals surface area contributed by atoms with Gasteiger partial charge in [0.15, 0.2) is 5.54 Å². The van der Waals surface area contributed by atoms with Crippen LogP contribution in [0.25, 0.3) is 0 Å². The van der Waals surface area contributed by atoms with Crippen molar-refractivity contribution in [3.63, 3.8) is 0 Å². The van der Waals surface area contributed by atoms with E-state index in [9.17, 15) is 15.2 Å². The van der Waals surface area contributed by atoms with Gasteiger partial charge in [-0.3, -0.25) is 4.90 Å². The quantitative estimate of drug-likeness (QED) is 0.790. The number of likely N-dealkylation sites (tertiary alicyclic amines) is 2. The Balaban J connectivity index is 2.29. The lowest BCUT2D eigenvalue weighted by Gasteiger charge is -2.57. The van der Waals surface area contributed by atoms with Crippen LogP contribution in [0.1, 0.15) is 40.0 Å². The lowest BCUT2D eigenvalue weighted by molar-refractivity contribution is -0.170. The third-order valence-electron chi connectivity index (χ3n) is 4.26. The van der Waals surface area contributed by atoms with Crippen molar-refractivity contribution in [1.82, 2.24) is 9.80 Å². The van der Waals surface area contributed by atoms with Gasteiger partial charge in [-0.25, -0.2) is 4.79 Å². The number of hydrogen-bond donors (Lipinski definition) is 1. The molecule has 1 N–H and O–H groups in total. The topological polar surface area (TPSA) is 76.8 Å². The van der Waals surface area contributed by atoms with E-state index in [1.54, 1.807) is 20.8 Å². The minimum Gasteiger partial charge on any atom is -0.444 e. The molecule has 0 radical (unpaired) electrons. The summed E-state index contributed by atoms with van der Waals surface area (Å²) >= 11 is 0. The van der Waals surface area contributed by atoms with Gasteiger partial charge in [-0.2, -0.15) is 5.26 Å². The van der Waals surface area contributed by atoms with Gasteiger partial charge in [0, 0.05) is 19.6 Å². The summed E-state index contributed by atoms with van der Waals surface area (Å²) in [7, 11) is 1.89. The maximum absolute atomic E-state index is 12.5. The number of aliphatic hydroxyl groups is 1. The van der Waals surface area contributed by atoms with E-state index in [0.29, 0.717) is 26.1 Å². The number of carbonyl (C=O) groups is 1. The third-order valence-corrected chi connectivity index (χ3v) is 4.26. The van der Waals surface area contributed by atoms with Crippen LogP contribution in [0.4, 0.5) is 4.79 Å². The number of amides is 1. The number of likely N-dealkylation sites (N-methyl/N-ethyl adjacent to an activating group) is 1. The highest BCUT2D eigenvalue weighted by atomic mass is 16.6. The Labute approximate surface area is 126 Å². The van der Waals surface area contributed by atoms with Crippen LogP contribution >= 0.6 is 0 Å². The highest BCUT2D eigenvalue weighted by molar-refractivity contribution is 5.70. The van der Waals surface area contributed by atoms with Crippen LogP contribution in [0.5, 0.6) is 0 Å². The predicted octanol–water partition coefficient (Wildman–Crippen LogP) is 1.35. The molecule has 2 rings (SSSR count). The second-order valence-electron chi connectivity index (χ2n) is 7.27. The standard InChI is InChI=1S/C15H25N3O3/c1-13(2,3)21-12(19)18-8-6-5-7-14(18,9-16)15(20)10-17(4)11-15/h20H,5-8,10-11H2,1-4H3. The Bertz CT molecular complexity index is 460. The maximum atomic E-state index is 12.5. The lowest BCUT2D eigenvalue weighted by Crippen LogP contribution is -2.77. The smallest absolute Gasteiger partial charge is 0.411 e. The molecule has 1 amide bonds. The van der Waals surface area contributed by atoms with E-state index in [1.807, 2.05) is 11.9 Å². The van der Waals surface area contributed by atoms with Crippen LogP contribution in [0, 0.1) is 11.3 Å². The fraction of sp³-hybridized carbons (Fsp3) is 0.867. The second-order valence-corrected chi connectivity index (χ2v) is 7.27. The zero-order valence-electron chi connectivity index (χ0n) is 13.3. The number of nitrogens with zero attached hydrogens (tertiary/aromatic N) is 3. The summed E-state index contributed by atoms with van der Waals surface area (Å²) in [5, 5.41) is 20.6. The summed E-state index contributed by atoms with van der Waals surface area (Å²) in [6.07, 6.45) is 1.65. The Morgan fingerprint density at radius 2 is 1.95 bits per heavy atom. The molecule has 0 spiro atoms. The molecule has 1 atom stereocenters. The minimum absolute atomic E-state index is 0.403. The molecule has 2 aliphatic heterocycles. The number of piperidine rings is 1. The first-order valence-corrected chi connectivity index (χ1v) is 7.46. The molecular formula is C15H25N3O3. The molecule has 0 aliphatic carbocycles. The van der Waals surface area contributed by atoms with Gasteiger partial charge in [0.05, 0.1) is 6.07 Å². The molecule has 118 valence electrons. The van der Waals surface area contributed by atoms with Gasteiger partial charge in [0.2, 0.25) is 0 Å². The number of nitriles is 1. The monoisotopic (exact) mass is 295 g/mol. The summed E-state index contributed by atoms with van der Waals surface area (Å²) in [4.78, 5) is 15.9. The van der Waals surface area contributed by atoms with Crippen LogP contribution in [0.15, 0.2) is 0 Å². The lowest BCUT2D eigenvalue weighted by atomic mass is 9.69. The summed E-state index contributed by atoms with van der Waals surface area (Å²) in [6.45, 7) is 6.66. The van der Waals surface area contributed by atoms with Crippen molar-refractivity contribution in [3.05, 3.63) is 0 Å². The average Bonchev–Trinajstić information content (AvgIpc) is 2.34. The van der Waals surface area contributed by atoms with Gasteiger partial charge in [-0.05, 0) is 47.1 Å². The number of hydrogen-bond acceptors (Lipinski definition) is 5. The van der Waals surface area contributed by atoms with Crippen molar-refractivity contribution < 1.29 is 14.6 Å². The number of rotatable bonds is 1. The van der Waals surface area contributed by atoms with Crippen molar-refractivity contribution in [2.24, 2.45) is 0 Å². The average molecular weight is 295 g/mol. The molecule has 21 heavy (non-hydrogen) atoms.